The van der Waals surface area contributed by atoms with Crippen LogP contribution in [0.2, 0.25) is 0 Å². The van der Waals surface area contributed by atoms with Gasteiger partial charge in [0, 0.05) is 11.0 Å². The molecule has 0 aromatic heterocycles. The van der Waals surface area contributed by atoms with E-state index in [9.17, 15) is 14.4 Å². The van der Waals surface area contributed by atoms with E-state index in [0.29, 0.717) is 0 Å². The molecule has 0 aliphatic rings. The molecule has 1 rings (SSSR count). The molecule has 0 spiro atoms. The van der Waals surface area contributed by atoms with Gasteiger partial charge >= 0.3 is 59.1 Å². The van der Waals surface area contributed by atoms with E-state index < -0.39 is 7.60 Å². The summed E-state index contributed by atoms with van der Waals surface area (Å²) in [5.41, 5.74) is 5.24. The third-order valence-corrected chi connectivity index (χ3v) is 2.23. The average molecular weight is 217 g/mol. The van der Waals surface area contributed by atoms with Crippen molar-refractivity contribution in [3.63, 3.8) is 0 Å². The maximum Gasteiger partial charge on any atom is 1.00 e. The minimum atomic E-state index is -4.68. The van der Waals surface area contributed by atoms with Crippen molar-refractivity contribution < 1.29 is 73.5 Å². The number of hydrogen-bond acceptors (Lipinski definition) is 4. The Hall–Kier alpha value is 1.17. The normalized spacial score (nSPS) is 9.69. The number of anilines is 1. The van der Waals surface area contributed by atoms with Gasteiger partial charge in [-0.05, 0) is 13.7 Å². The number of nitrogen functional groups attached to an aromatic ring is 1. The number of hydrogen-bond donors (Lipinski definition) is 1. The van der Waals surface area contributed by atoms with Crippen LogP contribution in [0.25, 0.3) is 0 Å². The minimum Gasteiger partial charge on any atom is -0.807 e. The van der Waals surface area contributed by atoms with E-state index in [1.807, 2.05) is 0 Å². The third kappa shape index (κ3) is 4.98. The second-order valence-corrected chi connectivity index (χ2v) is 3.53. The molecule has 0 aliphatic carbocycles. The standard InChI is InChI=1S/C6H8NO3P.2Na/c7-5-3-1-2-4-6(5)11(8,9)10;;/h1-4H,7H2,(H2,8,9,10);;/q;2*+1/p-2. The van der Waals surface area contributed by atoms with Crippen molar-refractivity contribution in [1.29, 1.82) is 0 Å². The van der Waals surface area contributed by atoms with Crippen LogP contribution in [0, 0.1) is 0 Å². The number of benzene rings is 1. The molecule has 0 saturated carbocycles. The van der Waals surface area contributed by atoms with E-state index in [1.54, 1.807) is 6.07 Å². The predicted octanol–water partition coefficient (Wildman–Crippen LogP) is -7.18. The van der Waals surface area contributed by atoms with Crippen molar-refractivity contribution in [2.75, 3.05) is 5.73 Å². The molecular weight excluding hydrogens is 211 g/mol. The molecule has 0 aliphatic heterocycles. The predicted molar refractivity (Wildman–Crippen MR) is 38.1 cm³/mol. The quantitative estimate of drug-likeness (QED) is 0.287. The smallest absolute Gasteiger partial charge is 0.807 e. The first-order valence-electron chi connectivity index (χ1n) is 2.89. The number of rotatable bonds is 1. The second-order valence-electron chi connectivity index (χ2n) is 2.06. The molecule has 0 heterocycles. The first-order valence-corrected chi connectivity index (χ1v) is 4.43. The van der Waals surface area contributed by atoms with Crippen LogP contribution in [-0.4, -0.2) is 0 Å². The van der Waals surface area contributed by atoms with E-state index in [2.05, 4.69) is 0 Å². The van der Waals surface area contributed by atoms with Gasteiger partial charge in [-0.15, -0.1) is 0 Å². The van der Waals surface area contributed by atoms with Crippen LogP contribution in [-0.2, 0) is 4.57 Å². The van der Waals surface area contributed by atoms with E-state index in [1.165, 1.54) is 18.2 Å². The largest absolute Gasteiger partial charge is 1.00 e. The van der Waals surface area contributed by atoms with Gasteiger partial charge in [-0.2, -0.15) is 0 Å². The van der Waals surface area contributed by atoms with Crippen LogP contribution in [0.5, 0.6) is 0 Å². The van der Waals surface area contributed by atoms with Gasteiger partial charge in [0.25, 0.3) is 0 Å². The molecule has 0 unspecified atom stereocenters. The summed E-state index contributed by atoms with van der Waals surface area (Å²) in [6.45, 7) is 0. The van der Waals surface area contributed by atoms with Gasteiger partial charge in [0.15, 0.2) is 0 Å². The Balaban J connectivity index is 0. The summed E-state index contributed by atoms with van der Waals surface area (Å²) in [5, 5.41) is -0.333. The summed E-state index contributed by atoms with van der Waals surface area (Å²) < 4.78 is 10.4. The molecule has 0 amide bonds. The molecule has 0 fully saturated rings. The Morgan fingerprint density at radius 2 is 1.62 bits per heavy atom. The van der Waals surface area contributed by atoms with Gasteiger partial charge in [0.05, 0.1) is 0 Å². The summed E-state index contributed by atoms with van der Waals surface area (Å²) in [7, 11) is -4.68. The van der Waals surface area contributed by atoms with Gasteiger partial charge in [-0.25, -0.2) is 0 Å². The van der Waals surface area contributed by atoms with Crippen molar-refractivity contribution >= 4 is 18.6 Å². The maximum atomic E-state index is 10.4. The van der Waals surface area contributed by atoms with Crippen molar-refractivity contribution in [2.45, 2.75) is 0 Å². The molecule has 0 saturated heterocycles. The molecular formula is C6H6NNa2O3P. The van der Waals surface area contributed by atoms with Crippen LogP contribution >= 0.6 is 7.60 Å². The van der Waals surface area contributed by atoms with Crippen LogP contribution in [0.4, 0.5) is 5.69 Å². The van der Waals surface area contributed by atoms with Crippen LogP contribution in [0.3, 0.4) is 0 Å². The van der Waals surface area contributed by atoms with Crippen LogP contribution in [0.1, 0.15) is 0 Å². The first kappa shape index (κ1) is 16.6. The SMILES string of the molecule is Nc1ccccc1P(=O)([O-])[O-].[Na+].[Na+]. The molecule has 7 heteroatoms. The van der Waals surface area contributed by atoms with Gasteiger partial charge in [-0.3, -0.25) is 0 Å². The molecule has 4 nitrogen and oxygen atoms in total. The third-order valence-electron chi connectivity index (χ3n) is 1.23. The van der Waals surface area contributed by atoms with Crippen LogP contribution < -0.4 is 79.9 Å². The minimum absolute atomic E-state index is 0. The number of para-hydroxylation sites is 1. The fraction of sp³-hybridized carbons (Fsp3) is 0. The summed E-state index contributed by atoms with van der Waals surface area (Å²) in [6, 6.07) is 5.58. The Morgan fingerprint density at radius 3 is 1.92 bits per heavy atom. The van der Waals surface area contributed by atoms with Gasteiger partial charge in [-0.1, -0.05) is 18.2 Å². The van der Waals surface area contributed by atoms with Gasteiger partial charge in [0.2, 0.25) is 0 Å². The second kappa shape index (κ2) is 6.62. The Bertz CT molecular complexity index is 315. The van der Waals surface area contributed by atoms with E-state index >= 15 is 0 Å². The molecule has 2 N–H and O–H groups in total. The Morgan fingerprint density at radius 1 is 1.15 bits per heavy atom. The zero-order chi connectivity index (χ0) is 8.48. The fourth-order valence-electron chi connectivity index (χ4n) is 0.737. The molecule has 1 aromatic rings. The molecule has 60 valence electrons. The van der Waals surface area contributed by atoms with Crippen LogP contribution in [0.15, 0.2) is 24.3 Å². The van der Waals surface area contributed by atoms with Crippen molar-refractivity contribution in [1.82, 2.24) is 0 Å². The van der Waals surface area contributed by atoms with Crippen molar-refractivity contribution in [3.8, 4) is 0 Å². The van der Waals surface area contributed by atoms with E-state index in [-0.39, 0.29) is 70.1 Å². The topological polar surface area (TPSA) is 89.2 Å². The van der Waals surface area contributed by atoms with E-state index in [4.69, 9.17) is 5.73 Å². The summed E-state index contributed by atoms with van der Waals surface area (Å²) >= 11 is 0. The van der Waals surface area contributed by atoms with Crippen molar-refractivity contribution in [2.24, 2.45) is 0 Å². The molecule has 0 radical (unpaired) electrons. The summed E-state index contributed by atoms with van der Waals surface area (Å²) in [4.78, 5) is 20.9. The van der Waals surface area contributed by atoms with Gasteiger partial charge < -0.3 is 20.1 Å². The average Bonchev–Trinajstić information content (AvgIpc) is 1.86. The summed E-state index contributed by atoms with van der Waals surface area (Å²) in [5.74, 6) is 0. The number of nitrogens with two attached hydrogens (primary N) is 1. The maximum absolute atomic E-state index is 10.4. The summed E-state index contributed by atoms with van der Waals surface area (Å²) in [6.07, 6.45) is 0. The van der Waals surface area contributed by atoms with E-state index in [0.717, 1.165) is 0 Å². The zero-order valence-corrected chi connectivity index (χ0v) is 12.5. The zero-order valence-electron chi connectivity index (χ0n) is 7.56. The molecule has 1 aromatic carbocycles. The molecule has 0 atom stereocenters. The van der Waals surface area contributed by atoms with Crippen molar-refractivity contribution in [3.05, 3.63) is 24.3 Å². The monoisotopic (exact) mass is 217 g/mol. The van der Waals surface area contributed by atoms with Gasteiger partial charge in [0.1, 0.15) is 0 Å². The molecule has 13 heavy (non-hydrogen) atoms. The first-order chi connectivity index (χ1) is 5.02. The molecule has 0 bridgehead atoms. The fourth-order valence-corrected chi connectivity index (χ4v) is 1.40. The Labute approximate surface area is 121 Å². The Kier molecular flexibility index (Phi) is 8.45.